The number of benzene rings is 1. The standard InChI is InChI=1S/C16H19ClN2O2/c1-11(13-5-7-14(17)8-6-13)19-12(2)16(20)18-10-15-4-3-9-21-15/h3-9,11-12,19H,10H2,1-2H3,(H,18,20). The number of hydrogen-bond acceptors (Lipinski definition) is 3. The van der Waals surface area contributed by atoms with Gasteiger partial charge in [-0.25, -0.2) is 0 Å². The summed E-state index contributed by atoms with van der Waals surface area (Å²) >= 11 is 5.87. The molecule has 2 atom stereocenters. The van der Waals surface area contributed by atoms with Crippen molar-refractivity contribution in [3.8, 4) is 0 Å². The van der Waals surface area contributed by atoms with E-state index in [2.05, 4.69) is 10.6 Å². The van der Waals surface area contributed by atoms with Crippen LogP contribution in [0.25, 0.3) is 0 Å². The van der Waals surface area contributed by atoms with Crippen molar-refractivity contribution in [3.63, 3.8) is 0 Å². The third-order valence-corrected chi connectivity index (χ3v) is 3.53. The Kier molecular flexibility index (Phi) is 5.42. The SMILES string of the molecule is CC(NC(C)c1ccc(Cl)cc1)C(=O)NCc1ccco1. The predicted octanol–water partition coefficient (Wildman–Crippen LogP) is 3.29. The molecular formula is C16H19ClN2O2. The first kappa shape index (κ1) is 15.6. The summed E-state index contributed by atoms with van der Waals surface area (Å²) in [6, 6.07) is 11.0. The van der Waals surface area contributed by atoms with Gasteiger partial charge in [0.2, 0.25) is 5.91 Å². The molecule has 0 bridgehead atoms. The van der Waals surface area contributed by atoms with Gasteiger partial charge in [0, 0.05) is 11.1 Å². The molecule has 2 N–H and O–H groups in total. The quantitative estimate of drug-likeness (QED) is 0.861. The Morgan fingerprint density at radius 3 is 2.57 bits per heavy atom. The molecule has 5 heteroatoms. The normalized spacial score (nSPS) is 13.7. The molecule has 21 heavy (non-hydrogen) atoms. The van der Waals surface area contributed by atoms with Gasteiger partial charge < -0.3 is 9.73 Å². The summed E-state index contributed by atoms with van der Waals surface area (Å²) in [7, 11) is 0. The van der Waals surface area contributed by atoms with E-state index in [0.29, 0.717) is 11.6 Å². The number of carbonyl (C=O) groups is 1. The third kappa shape index (κ3) is 4.62. The topological polar surface area (TPSA) is 54.3 Å². The lowest BCUT2D eigenvalue weighted by molar-refractivity contribution is -0.123. The van der Waals surface area contributed by atoms with Crippen LogP contribution in [0.2, 0.25) is 5.02 Å². The summed E-state index contributed by atoms with van der Waals surface area (Å²) < 4.78 is 5.18. The van der Waals surface area contributed by atoms with Gasteiger partial charge >= 0.3 is 0 Å². The van der Waals surface area contributed by atoms with Crippen LogP contribution in [-0.4, -0.2) is 11.9 Å². The maximum Gasteiger partial charge on any atom is 0.237 e. The predicted molar refractivity (Wildman–Crippen MR) is 83.0 cm³/mol. The number of rotatable bonds is 6. The highest BCUT2D eigenvalue weighted by Gasteiger charge is 2.16. The van der Waals surface area contributed by atoms with E-state index in [1.807, 2.05) is 44.2 Å². The van der Waals surface area contributed by atoms with Crippen molar-refractivity contribution in [2.24, 2.45) is 0 Å². The first-order valence-electron chi connectivity index (χ1n) is 6.88. The second kappa shape index (κ2) is 7.29. The molecule has 0 radical (unpaired) electrons. The summed E-state index contributed by atoms with van der Waals surface area (Å²) in [5, 5.41) is 6.80. The van der Waals surface area contributed by atoms with Crippen LogP contribution in [0, 0.1) is 0 Å². The molecule has 0 saturated carbocycles. The third-order valence-electron chi connectivity index (χ3n) is 3.28. The summed E-state index contributed by atoms with van der Waals surface area (Å²) in [6.45, 7) is 4.25. The summed E-state index contributed by atoms with van der Waals surface area (Å²) in [5.41, 5.74) is 1.09. The highest BCUT2D eigenvalue weighted by atomic mass is 35.5. The van der Waals surface area contributed by atoms with E-state index in [4.69, 9.17) is 16.0 Å². The van der Waals surface area contributed by atoms with Crippen LogP contribution in [0.4, 0.5) is 0 Å². The molecule has 1 aromatic carbocycles. The molecule has 112 valence electrons. The van der Waals surface area contributed by atoms with E-state index in [1.165, 1.54) is 0 Å². The van der Waals surface area contributed by atoms with Gasteiger partial charge in [0.1, 0.15) is 5.76 Å². The van der Waals surface area contributed by atoms with Gasteiger partial charge in [-0.05, 0) is 43.7 Å². The van der Waals surface area contributed by atoms with Crippen LogP contribution in [0.3, 0.4) is 0 Å². The molecule has 0 fully saturated rings. The fourth-order valence-electron chi connectivity index (χ4n) is 2.04. The molecule has 2 unspecified atom stereocenters. The largest absolute Gasteiger partial charge is 0.467 e. The highest BCUT2D eigenvalue weighted by molar-refractivity contribution is 6.30. The number of furan rings is 1. The van der Waals surface area contributed by atoms with E-state index < -0.39 is 0 Å². The zero-order chi connectivity index (χ0) is 15.2. The fourth-order valence-corrected chi connectivity index (χ4v) is 2.16. The van der Waals surface area contributed by atoms with E-state index in [1.54, 1.807) is 12.3 Å². The first-order chi connectivity index (χ1) is 10.1. The van der Waals surface area contributed by atoms with Crippen LogP contribution in [0.5, 0.6) is 0 Å². The lowest BCUT2D eigenvalue weighted by Crippen LogP contribution is -2.42. The van der Waals surface area contributed by atoms with Crippen LogP contribution < -0.4 is 10.6 Å². The Morgan fingerprint density at radius 1 is 1.24 bits per heavy atom. The van der Waals surface area contributed by atoms with Crippen LogP contribution in [0.15, 0.2) is 47.1 Å². The van der Waals surface area contributed by atoms with Crippen molar-refractivity contribution in [3.05, 3.63) is 59.0 Å². The minimum Gasteiger partial charge on any atom is -0.467 e. The van der Waals surface area contributed by atoms with Crippen molar-refractivity contribution in [2.45, 2.75) is 32.5 Å². The Labute approximate surface area is 129 Å². The number of amides is 1. The smallest absolute Gasteiger partial charge is 0.237 e. The van der Waals surface area contributed by atoms with Crippen LogP contribution in [0.1, 0.15) is 31.2 Å². The maximum atomic E-state index is 12.0. The summed E-state index contributed by atoms with van der Waals surface area (Å²) in [4.78, 5) is 12.0. The van der Waals surface area contributed by atoms with Gasteiger partial charge in [-0.2, -0.15) is 0 Å². The first-order valence-corrected chi connectivity index (χ1v) is 7.25. The Bertz CT molecular complexity index is 566. The molecule has 0 aliphatic heterocycles. The molecule has 0 aliphatic carbocycles. The summed E-state index contributed by atoms with van der Waals surface area (Å²) in [6.07, 6.45) is 1.59. The lowest BCUT2D eigenvalue weighted by atomic mass is 10.1. The van der Waals surface area contributed by atoms with E-state index in [0.717, 1.165) is 11.3 Å². The van der Waals surface area contributed by atoms with Crippen molar-refractivity contribution in [1.29, 1.82) is 0 Å². The molecule has 2 rings (SSSR count). The minimum absolute atomic E-state index is 0.0617. The average Bonchev–Trinajstić information content (AvgIpc) is 2.98. The van der Waals surface area contributed by atoms with Gasteiger partial charge in [0.15, 0.2) is 0 Å². The zero-order valence-corrected chi connectivity index (χ0v) is 12.9. The van der Waals surface area contributed by atoms with E-state index in [9.17, 15) is 4.79 Å². The molecule has 2 aromatic rings. The molecule has 1 heterocycles. The number of hydrogen-bond donors (Lipinski definition) is 2. The lowest BCUT2D eigenvalue weighted by Gasteiger charge is -2.20. The molecule has 1 amide bonds. The fraction of sp³-hybridized carbons (Fsp3) is 0.312. The monoisotopic (exact) mass is 306 g/mol. The molecule has 4 nitrogen and oxygen atoms in total. The van der Waals surface area contributed by atoms with Gasteiger partial charge in [-0.3, -0.25) is 10.1 Å². The number of halogens is 1. The second-order valence-corrected chi connectivity index (χ2v) is 5.40. The van der Waals surface area contributed by atoms with Crippen LogP contribution in [-0.2, 0) is 11.3 Å². The van der Waals surface area contributed by atoms with E-state index >= 15 is 0 Å². The Balaban J connectivity index is 1.83. The number of carbonyl (C=O) groups excluding carboxylic acids is 1. The van der Waals surface area contributed by atoms with Crippen LogP contribution >= 0.6 is 11.6 Å². The summed E-state index contributed by atoms with van der Waals surface area (Å²) in [5.74, 6) is 0.675. The van der Waals surface area contributed by atoms with Crippen molar-refractivity contribution in [2.75, 3.05) is 0 Å². The molecule has 0 saturated heterocycles. The second-order valence-electron chi connectivity index (χ2n) is 4.96. The van der Waals surface area contributed by atoms with Crippen molar-refractivity contribution < 1.29 is 9.21 Å². The Morgan fingerprint density at radius 2 is 1.95 bits per heavy atom. The maximum absolute atomic E-state index is 12.0. The van der Waals surface area contributed by atoms with Crippen molar-refractivity contribution in [1.82, 2.24) is 10.6 Å². The average molecular weight is 307 g/mol. The number of nitrogens with one attached hydrogen (secondary N) is 2. The molecule has 0 spiro atoms. The van der Waals surface area contributed by atoms with Gasteiger partial charge in [-0.1, -0.05) is 23.7 Å². The molecule has 1 aromatic heterocycles. The Hall–Kier alpha value is -1.78. The van der Waals surface area contributed by atoms with Gasteiger partial charge in [0.25, 0.3) is 0 Å². The molecule has 0 aliphatic rings. The highest BCUT2D eigenvalue weighted by Crippen LogP contribution is 2.16. The van der Waals surface area contributed by atoms with Gasteiger partial charge in [-0.15, -0.1) is 0 Å². The van der Waals surface area contributed by atoms with E-state index in [-0.39, 0.29) is 18.0 Å². The van der Waals surface area contributed by atoms with Gasteiger partial charge in [0.05, 0.1) is 18.8 Å². The molecular weight excluding hydrogens is 288 g/mol. The minimum atomic E-state index is -0.300. The zero-order valence-electron chi connectivity index (χ0n) is 12.1. The van der Waals surface area contributed by atoms with Crippen molar-refractivity contribution >= 4 is 17.5 Å².